The number of anilines is 1. The normalized spacial score (nSPS) is 17.9. The molecule has 1 aliphatic rings. The molecule has 0 aliphatic carbocycles. The molecule has 0 saturated heterocycles. The van der Waals surface area contributed by atoms with Crippen molar-refractivity contribution in [1.82, 2.24) is 0 Å². The SMILES string of the molecule is CCOC(=O)C1C=NN(c2ccc(Cl)c(Cl)c2)C1=O. The van der Waals surface area contributed by atoms with Gasteiger partial charge in [0.25, 0.3) is 5.91 Å². The highest BCUT2D eigenvalue weighted by atomic mass is 35.5. The Balaban J connectivity index is 2.20. The maximum atomic E-state index is 12.0. The van der Waals surface area contributed by atoms with Crippen LogP contribution in [0.2, 0.25) is 10.0 Å². The summed E-state index contributed by atoms with van der Waals surface area (Å²) >= 11 is 11.7. The number of hydrazone groups is 1. The highest BCUT2D eigenvalue weighted by molar-refractivity contribution is 6.42. The Hall–Kier alpha value is -1.59. The largest absolute Gasteiger partial charge is 0.465 e. The van der Waals surface area contributed by atoms with Crippen LogP contribution < -0.4 is 5.01 Å². The molecular formula is C12H10Cl2N2O3. The summed E-state index contributed by atoms with van der Waals surface area (Å²) in [6.45, 7) is 1.88. The monoisotopic (exact) mass is 300 g/mol. The van der Waals surface area contributed by atoms with Gasteiger partial charge in [-0.15, -0.1) is 0 Å². The Labute approximate surface area is 119 Å². The Morgan fingerprint density at radius 2 is 2.16 bits per heavy atom. The van der Waals surface area contributed by atoms with E-state index in [-0.39, 0.29) is 6.61 Å². The molecule has 1 aromatic carbocycles. The quantitative estimate of drug-likeness (QED) is 0.636. The van der Waals surface area contributed by atoms with E-state index in [1.165, 1.54) is 12.3 Å². The first-order valence-electron chi connectivity index (χ1n) is 5.54. The molecule has 0 radical (unpaired) electrons. The minimum absolute atomic E-state index is 0.212. The zero-order valence-electron chi connectivity index (χ0n) is 9.97. The second-order valence-corrected chi connectivity index (χ2v) is 4.56. The van der Waals surface area contributed by atoms with Gasteiger partial charge < -0.3 is 4.74 Å². The Morgan fingerprint density at radius 3 is 2.79 bits per heavy atom. The smallest absolute Gasteiger partial charge is 0.324 e. The van der Waals surface area contributed by atoms with E-state index in [1.54, 1.807) is 19.1 Å². The Kier molecular flexibility index (Phi) is 4.07. The van der Waals surface area contributed by atoms with E-state index in [0.29, 0.717) is 15.7 Å². The van der Waals surface area contributed by atoms with Crippen LogP contribution in [-0.2, 0) is 14.3 Å². The molecule has 0 bridgehead atoms. The number of halogens is 2. The second-order valence-electron chi connectivity index (χ2n) is 3.74. The Morgan fingerprint density at radius 1 is 1.42 bits per heavy atom. The molecule has 1 unspecified atom stereocenters. The molecule has 2 rings (SSSR count). The first-order valence-corrected chi connectivity index (χ1v) is 6.30. The van der Waals surface area contributed by atoms with Crippen molar-refractivity contribution < 1.29 is 14.3 Å². The van der Waals surface area contributed by atoms with Crippen LogP contribution in [0.3, 0.4) is 0 Å². The molecule has 19 heavy (non-hydrogen) atoms. The summed E-state index contributed by atoms with van der Waals surface area (Å²) in [6.07, 6.45) is 1.25. The lowest BCUT2D eigenvalue weighted by Gasteiger charge is -2.14. The van der Waals surface area contributed by atoms with Crippen molar-refractivity contribution >= 4 is 47.0 Å². The molecule has 0 fully saturated rings. The molecule has 1 aliphatic heterocycles. The van der Waals surface area contributed by atoms with Crippen LogP contribution in [0.25, 0.3) is 0 Å². The van der Waals surface area contributed by atoms with E-state index in [0.717, 1.165) is 5.01 Å². The third-order valence-corrected chi connectivity index (χ3v) is 3.23. The van der Waals surface area contributed by atoms with Crippen LogP contribution >= 0.6 is 23.2 Å². The topological polar surface area (TPSA) is 59.0 Å². The number of amides is 1. The number of carbonyl (C=O) groups excluding carboxylic acids is 2. The predicted molar refractivity (Wildman–Crippen MR) is 72.6 cm³/mol. The van der Waals surface area contributed by atoms with E-state index in [2.05, 4.69) is 5.10 Å². The minimum Gasteiger partial charge on any atom is -0.465 e. The number of hydrogen-bond donors (Lipinski definition) is 0. The zero-order chi connectivity index (χ0) is 14.0. The van der Waals surface area contributed by atoms with E-state index >= 15 is 0 Å². The number of ether oxygens (including phenoxy) is 1. The van der Waals surface area contributed by atoms with Crippen molar-refractivity contribution in [2.45, 2.75) is 6.92 Å². The standard InChI is InChI=1S/C12H10Cl2N2O3/c1-2-19-12(18)8-6-15-16(11(8)17)7-3-4-9(13)10(14)5-7/h3-6,8H,2H2,1H3. The van der Waals surface area contributed by atoms with E-state index in [9.17, 15) is 9.59 Å². The second kappa shape index (κ2) is 5.59. The number of rotatable bonds is 3. The fourth-order valence-electron chi connectivity index (χ4n) is 1.59. The molecule has 1 atom stereocenters. The Bertz CT molecular complexity index is 560. The van der Waals surface area contributed by atoms with Crippen molar-refractivity contribution in [1.29, 1.82) is 0 Å². The van der Waals surface area contributed by atoms with Gasteiger partial charge in [0.05, 0.1) is 22.3 Å². The molecule has 100 valence electrons. The summed E-state index contributed by atoms with van der Waals surface area (Å²) in [6, 6.07) is 4.66. The van der Waals surface area contributed by atoms with Gasteiger partial charge in [-0.25, -0.2) is 0 Å². The van der Waals surface area contributed by atoms with Crippen LogP contribution in [0.1, 0.15) is 6.92 Å². The van der Waals surface area contributed by atoms with Gasteiger partial charge in [0.1, 0.15) is 0 Å². The van der Waals surface area contributed by atoms with Crippen molar-refractivity contribution in [2.75, 3.05) is 11.6 Å². The summed E-state index contributed by atoms with van der Waals surface area (Å²) in [5.41, 5.74) is 0.447. The molecule has 0 saturated carbocycles. The molecule has 1 amide bonds. The number of hydrogen-bond acceptors (Lipinski definition) is 4. The van der Waals surface area contributed by atoms with E-state index in [1.807, 2.05) is 0 Å². The van der Waals surface area contributed by atoms with Gasteiger partial charge in [0, 0.05) is 6.21 Å². The van der Waals surface area contributed by atoms with Crippen LogP contribution in [0.4, 0.5) is 5.69 Å². The zero-order valence-corrected chi connectivity index (χ0v) is 11.5. The summed E-state index contributed by atoms with van der Waals surface area (Å²) in [7, 11) is 0. The van der Waals surface area contributed by atoms with Gasteiger partial charge >= 0.3 is 5.97 Å². The molecule has 1 heterocycles. The third kappa shape index (κ3) is 2.72. The summed E-state index contributed by atoms with van der Waals surface area (Å²) < 4.78 is 4.80. The van der Waals surface area contributed by atoms with Crippen LogP contribution in [-0.4, -0.2) is 24.7 Å². The van der Waals surface area contributed by atoms with Crippen molar-refractivity contribution in [2.24, 2.45) is 11.0 Å². The van der Waals surface area contributed by atoms with Crippen LogP contribution in [0.5, 0.6) is 0 Å². The molecule has 0 aromatic heterocycles. The first kappa shape index (κ1) is 13.8. The lowest BCUT2D eigenvalue weighted by atomic mass is 10.1. The molecule has 7 heteroatoms. The maximum Gasteiger partial charge on any atom is 0.324 e. The number of nitrogens with zero attached hydrogens (tertiary/aromatic N) is 2. The maximum absolute atomic E-state index is 12.0. The minimum atomic E-state index is -1.01. The van der Waals surface area contributed by atoms with E-state index < -0.39 is 17.8 Å². The molecule has 0 N–H and O–H groups in total. The highest BCUT2D eigenvalue weighted by Gasteiger charge is 2.36. The van der Waals surface area contributed by atoms with Crippen molar-refractivity contribution in [3.8, 4) is 0 Å². The fraction of sp³-hybridized carbons (Fsp3) is 0.250. The average molecular weight is 301 g/mol. The van der Waals surface area contributed by atoms with Crippen molar-refractivity contribution in [3.63, 3.8) is 0 Å². The number of benzene rings is 1. The van der Waals surface area contributed by atoms with Gasteiger partial charge in [-0.2, -0.15) is 10.1 Å². The molecule has 0 spiro atoms. The number of carbonyl (C=O) groups is 2. The van der Waals surface area contributed by atoms with Gasteiger partial charge in [0.15, 0.2) is 5.92 Å². The highest BCUT2D eigenvalue weighted by Crippen LogP contribution is 2.29. The lowest BCUT2D eigenvalue weighted by Crippen LogP contribution is -2.32. The van der Waals surface area contributed by atoms with Crippen molar-refractivity contribution in [3.05, 3.63) is 28.2 Å². The average Bonchev–Trinajstić information content (AvgIpc) is 2.75. The van der Waals surface area contributed by atoms with Gasteiger partial charge in [-0.05, 0) is 25.1 Å². The predicted octanol–water partition coefficient (Wildman–Crippen LogP) is 2.51. The number of esters is 1. The molecular weight excluding hydrogens is 291 g/mol. The van der Waals surface area contributed by atoms with Gasteiger partial charge in [0.2, 0.25) is 0 Å². The van der Waals surface area contributed by atoms with Crippen LogP contribution in [0, 0.1) is 5.92 Å². The summed E-state index contributed by atoms with van der Waals surface area (Å²) in [4.78, 5) is 23.6. The summed E-state index contributed by atoms with van der Waals surface area (Å²) in [5, 5.41) is 5.68. The summed E-state index contributed by atoms with van der Waals surface area (Å²) in [5.74, 6) is -2.09. The van der Waals surface area contributed by atoms with Crippen LogP contribution in [0.15, 0.2) is 23.3 Å². The molecule has 1 aromatic rings. The van der Waals surface area contributed by atoms with Gasteiger partial charge in [-0.1, -0.05) is 23.2 Å². The fourth-order valence-corrected chi connectivity index (χ4v) is 1.88. The third-order valence-electron chi connectivity index (χ3n) is 2.49. The first-order chi connectivity index (χ1) is 9.04. The van der Waals surface area contributed by atoms with Gasteiger partial charge in [-0.3, -0.25) is 9.59 Å². The van der Waals surface area contributed by atoms with E-state index in [4.69, 9.17) is 27.9 Å². The lowest BCUT2D eigenvalue weighted by molar-refractivity contribution is -0.147. The molecule has 5 nitrogen and oxygen atoms in total.